The summed E-state index contributed by atoms with van der Waals surface area (Å²) in [5.41, 5.74) is 5.46. The van der Waals surface area contributed by atoms with Gasteiger partial charge in [-0.05, 0) is 37.5 Å². The van der Waals surface area contributed by atoms with Gasteiger partial charge in [0, 0.05) is 18.4 Å². The van der Waals surface area contributed by atoms with Crippen molar-refractivity contribution in [1.82, 2.24) is 4.98 Å². The van der Waals surface area contributed by atoms with Crippen molar-refractivity contribution >= 4 is 16.8 Å². The Balaban J connectivity index is 2.03. The summed E-state index contributed by atoms with van der Waals surface area (Å²) in [7, 11) is 0. The lowest BCUT2D eigenvalue weighted by molar-refractivity contribution is -0.137. The molecule has 0 aliphatic carbocycles. The molecule has 128 valence electrons. The van der Waals surface area contributed by atoms with Crippen LogP contribution in [0.25, 0.3) is 10.9 Å². The lowest BCUT2D eigenvalue weighted by Crippen LogP contribution is -2.24. The molecule has 4 nitrogen and oxygen atoms in total. The summed E-state index contributed by atoms with van der Waals surface area (Å²) in [5.74, 6) is -0.643. The number of rotatable bonds is 3. The van der Waals surface area contributed by atoms with E-state index in [2.05, 4.69) is 4.98 Å². The number of pyridine rings is 1. The van der Waals surface area contributed by atoms with Crippen molar-refractivity contribution in [2.75, 3.05) is 6.61 Å². The SMILES string of the molecule is NC(=O)c1cc2ccc(C(F)(F)F)cc2nc1CC1CCCCO1. The van der Waals surface area contributed by atoms with Gasteiger partial charge in [0.05, 0.1) is 28.4 Å². The zero-order valence-corrected chi connectivity index (χ0v) is 12.9. The van der Waals surface area contributed by atoms with Crippen LogP contribution in [-0.4, -0.2) is 23.6 Å². The molecule has 1 aromatic carbocycles. The van der Waals surface area contributed by atoms with Gasteiger partial charge < -0.3 is 10.5 Å². The third-order valence-corrected chi connectivity index (χ3v) is 4.18. The number of hydrogen-bond acceptors (Lipinski definition) is 3. The minimum atomic E-state index is -4.44. The van der Waals surface area contributed by atoms with Crippen LogP contribution in [0, 0.1) is 0 Å². The largest absolute Gasteiger partial charge is 0.416 e. The number of carbonyl (C=O) groups excluding carboxylic acids is 1. The van der Waals surface area contributed by atoms with Crippen molar-refractivity contribution in [1.29, 1.82) is 0 Å². The number of hydrogen-bond donors (Lipinski definition) is 1. The van der Waals surface area contributed by atoms with Gasteiger partial charge in [0.25, 0.3) is 5.91 Å². The number of aromatic nitrogens is 1. The minimum absolute atomic E-state index is 0.0902. The molecule has 1 aliphatic heterocycles. The van der Waals surface area contributed by atoms with E-state index in [-0.39, 0.29) is 17.2 Å². The predicted octanol–water partition coefficient (Wildman–Crippen LogP) is 3.46. The Morgan fingerprint density at radius 1 is 1.29 bits per heavy atom. The van der Waals surface area contributed by atoms with E-state index in [0.717, 1.165) is 31.4 Å². The molecule has 1 fully saturated rings. The third kappa shape index (κ3) is 3.51. The van der Waals surface area contributed by atoms with Crippen LogP contribution in [-0.2, 0) is 17.3 Å². The van der Waals surface area contributed by atoms with E-state index in [0.29, 0.717) is 24.1 Å². The minimum Gasteiger partial charge on any atom is -0.378 e. The van der Waals surface area contributed by atoms with Gasteiger partial charge in [-0.2, -0.15) is 13.2 Å². The Morgan fingerprint density at radius 3 is 2.71 bits per heavy atom. The first-order chi connectivity index (χ1) is 11.3. The highest BCUT2D eigenvalue weighted by atomic mass is 19.4. The van der Waals surface area contributed by atoms with Crippen molar-refractivity contribution in [3.05, 3.63) is 41.1 Å². The molecule has 0 radical (unpaired) electrons. The molecule has 0 spiro atoms. The first-order valence-electron chi connectivity index (χ1n) is 7.77. The number of amides is 1. The fourth-order valence-corrected chi connectivity index (χ4v) is 2.94. The Hall–Kier alpha value is -2.15. The number of halogens is 3. The summed E-state index contributed by atoms with van der Waals surface area (Å²) < 4.78 is 44.3. The summed E-state index contributed by atoms with van der Waals surface area (Å²) in [4.78, 5) is 16.0. The maximum atomic E-state index is 12.9. The average Bonchev–Trinajstić information content (AvgIpc) is 2.53. The topological polar surface area (TPSA) is 65.2 Å². The van der Waals surface area contributed by atoms with Crippen LogP contribution < -0.4 is 5.73 Å². The van der Waals surface area contributed by atoms with Crippen molar-refractivity contribution in [2.45, 2.75) is 38.0 Å². The zero-order valence-electron chi connectivity index (χ0n) is 12.9. The van der Waals surface area contributed by atoms with Gasteiger partial charge in [0.15, 0.2) is 0 Å². The van der Waals surface area contributed by atoms with E-state index in [4.69, 9.17) is 10.5 Å². The van der Waals surface area contributed by atoms with Crippen LogP contribution in [0.2, 0.25) is 0 Å². The highest BCUT2D eigenvalue weighted by Gasteiger charge is 2.31. The summed E-state index contributed by atoms with van der Waals surface area (Å²) in [6.45, 7) is 0.641. The monoisotopic (exact) mass is 338 g/mol. The number of nitrogens with zero attached hydrogens (tertiary/aromatic N) is 1. The molecule has 7 heteroatoms. The average molecular weight is 338 g/mol. The molecule has 1 saturated heterocycles. The molecular weight excluding hydrogens is 321 g/mol. The fourth-order valence-electron chi connectivity index (χ4n) is 2.94. The van der Waals surface area contributed by atoms with Gasteiger partial charge in [-0.3, -0.25) is 9.78 Å². The van der Waals surface area contributed by atoms with Crippen LogP contribution in [0.15, 0.2) is 24.3 Å². The lowest BCUT2D eigenvalue weighted by Gasteiger charge is -2.23. The molecule has 2 N–H and O–H groups in total. The fraction of sp³-hybridized carbons (Fsp3) is 0.412. The molecule has 0 bridgehead atoms. The third-order valence-electron chi connectivity index (χ3n) is 4.18. The predicted molar refractivity (Wildman–Crippen MR) is 82.6 cm³/mol. The van der Waals surface area contributed by atoms with Crippen LogP contribution >= 0.6 is 0 Å². The Kier molecular flexibility index (Phi) is 4.45. The van der Waals surface area contributed by atoms with Crippen molar-refractivity contribution < 1.29 is 22.7 Å². The van der Waals surface area contributed by atoms with Crippen LogP contribution in [0.4, 0.5) is 13.2 Å². The van der Waals surface area contributed by atoms with Gasteiger partial charge >= 0.3 is 6.18 Å². The van der Waals surface area contributed by atoms with Gasteiger partial charge in [-0.25, -0.2) is 0 Å². The standard InChI is InChI=1S/C17H17F3N2O2/c18-17(19,20)11-5-4-10-7-13(16(21)23)15(22-14(10)8-11)9-12-3-1-2-6-24-12/h4-5,7-8,12H,1-3,6,9H2,(H2,21,23). The second-order valence-electron chi connectivity index (χ2n) is 5.94. The number of fused-ring (bicyclic) bond motifs is 1. The van der Waals surface area contributed by atoms with Crippen molar-refractivity contribution in [2.24, 2.45) is 5.73 Å². The van der Waals surface area contributed by atoms with Gasteiger partial charge in [-0.1, -0.05) is 6.07 Å². The summed E-state index contributed by atoms with van der Waals surface area (Å²) in [5, 5.41) is 0.449. The second kappa shape index (κ2) is 6.39. The van der Waals surface area contributed by atoms with E-state index < -0.39 is 17.6 Å². The molecule has 1 atom stereocenters. The molecule has 1 amide bonds. The molecule has 2 heterocycles. The molecule has 1 aliphatic rings. The van der Waals surface area contributed by atoms with Crippen LogP contribution in [0.5, 0.6) is 0 Å². The molecule has 0 saturated carbocycles. The van der Waals surface area contributed by atoms with E-state index in [1.54, 1.807) is 0 Å². The highest BCUT2D eigenvalue weighted by Crippen LogP contribution is 2.31. The van der Waals surface area contributed by atoms with E-state index in [1.165, 1.54) is 12.1 Å². The summed E-state index contributed by atoms with van der Waals surface area (Å²) in [6.07, 6.45) is -1.33. The summed E-state index contributed by atoms with van der Waals surface area (Å²) in [6, 6.07) is 4.77. The van der Waals surface area contributed by atoms with Crippen LogP contribution in [0.3, 0.4) is 0 Å². The highest BCUT2D eigenvalue weighted by molar-refractivity contribution is 5.97. The lowest BCUT2D eigenvalue weighted by atomic mass is 9.99. The Bertz CT molecular complexity index is 768. The van der Waals surface area contributed by atoms with Crippen molar-refractivity contribution in [3.8, 4) is 0 Å². The van der Waals surface area contributed by atoms with Gasteiger partial charge in [-0.15, -0.1) is 0 Å². The Morgan fingerprint density at radius 2 is 2.08 bits per heavy atom. The van der Waals surface area contributed by atoms with Crippen molar-refractivity contribution in [3.63, 3.8) is 0 Å². The van der Waals surface area contributed by atoms with Gasteiger partial charge in [0.2, 0.25) is 0 Å². The quantitative estimate of drug-likeness (QED) is 0.932. The summed E-state index contributed by atoms with van der Waals surface area (Å²) >= 11 is 0. The maximum absolute atomic E-state index is 12.9. The molecule has 3 rings (SSSR count). The number of carbonyl (C=O) groups is 1. The first-order valence-corrected chi connectivity index (χ1v) is 7.77. The Labute approximate surface area is 136 Å². The molecule has 1 aromatic heterocycles. The second-order valence-corrected chi connectivity index (χ2v) is 5.94. The maximum Gasteiger partial charge on any atom is 0.416 e. The number of alkyl halides is 3. The normalized spacial score (nSPS) is 18.7. The van der Waals surface area contributed by atoms with E-state index >= 15 is 0 Å². The van der Waals surface area contributed by atoms with E-state index in [9.17, 15) is 18.0 Å². The molecular formula is C17H17F3N2O2. The number of nitrogens with two attached hydrogens (primary N) is 1. The molecule has 1 unspecified atom stereocenters. The molecule has 2 aromatic rings. The number of primary amides is 1. The van der Waals surface area contributed by atoms with E-state index in [1.807, 2.05) is 0 Å². The van der Waals surface area contributed by atoms with Crippen LogP contribution in [0.1, 0.15) is 40.9 Å². The smallest absolute Gasteiger partial charge is 0.378 e. The number of benzene rings is 1. The molecule has 24 heavy (non-hydrogen) atoms. The number of ether oxygens (including phenoxy) is 1. The first kappa shape index (κ1) is 16.7. The zero-order chi connectivity index (χ0) is 17.3. The van der Waals surface area contributed by atoms with Gasteiger partial charge in [0.1, 0.15) is 0 Å².